The minimum absolute atomic E-state index is 0.0408. The number of fused-ring (bicyclic) bond motifs is 1. The van der Waals surface area contributed by atoms with Gasteiger partial charge in [0.1, 0.15) is 17.6 Å². The van der Waals surface area contributed by atoms with Crippen molar-refractivity contribution in [3.8, 4) is 17.2 Å². The van der Waals surface area contributed by atoms with Gasteiger partial charge in [-0.05, 0) is 60.9 Å². The van der Waals surface area contributed by atoms with Crippen LogP contribution in [0.3, 0.4) is 0 Å². The molecule has 1 saturated heterocycles. The Labute approximate surface area is 215 Å². The van der Waals surface area contributed by atoms with Crippen molar-refractivity contribution < 1.29 is 28.9 Å². The highest BCUT2D eigenvalue weighted by Gasteiger charge is 2.46. The molecule has 1 N–H and O–H groups in total. The molecule has 1 fully saturated rings. The van der Waals surface area contributed by atoms with Crippen LogP contribution >= 0.6 is 0 Å². The zero-order valence-corrected chi connectivity index (χ0v) is 21.1. The highest BCUT2D eigenvalue weighted by Crippen LogP contribution is 2.43. The van der Waals surface area contributed by atoms with E-state index in [4.69, 9.17) is 14.2 Å². The molecule has 37 heavy (non-hydrogen) atoms. The maximum absolute atomic E-state index is 13.4. The van der Waals surface area contributed by atoms with Crippen LogP contribution in [0.15, 0.2) is 72.3 Å². The van der Waals surface area contributed by atoms with Crippen molar-refractivity contribution >= 4 is 17.4 Å². The number of carbonyl (C=O) groups excluding carboxylic acids is 2. The molecule has 0 aliphatic carbocycles. The van der Waals surface area contributed by atoms with Gasteiger partial charge < -0.3 is 24.2 Å². The van der Waals surface area contributed by atoms with E-state index in [0.717, 1.165) is 16.9 Å². The van der Waals surface area contributed by atoms with Crippen molar-refractivity contribution in [2.75, 3.05) is 13.7 Å². The third-order valence-corrected chi connectivity index (χ3v) is 6.71. The zero-order chi connectivity index (χ0) is 26.1. The predicted octanol–water partition coefficient (Wildman–Crippen LogP) is 5.04. The van der Waals surface area contributed by atoms with Gasteiger partial charge in [-0.2, -0.15) is 0 Å². The van der Waals surface area contributed by atoms with Crippen molar-refractivity contribution in [3.63, 3.8) is 0 Å². The third-order valence-electron chi connectivity index (χ3n) is 6.71. The minimum Gasteiger partial charge on any atom is -0.507 e. The number of ether oxygens (including phenoxy) is 3. The molecular formula is C30H29NO6. The van der Waals surface area contributed by atoms with E-state index < -0.39 is 17.7 Å². The van der Waals surface area contributed by atoms with Crippen molar-refractivity contribution in [1.29, 1.82) is 0 Å². The summed E-state index contributed by atoms with van der Waals surface area (Å²) in [6, 6.07) is 19.3. The van der Waals surface area contributed by atoms with Gasteiger partial charge >= 0.3 is 0 Å². The van der Waals surface area contributed by atoms with Crippen LogP contribution in [-0.2, 0) is 22.6 Å². The first-order chi connectivity index (χ1) is 17.9. The van der Waals surface area contributed by atoms with Gasteiger partial charge in [-0.3, -0.25) is 9.59 Å². The van der Waals surface area contributed by atoms with Crippen molar-refractivity contribution in [1.82, 2.24) is 4.90 Å². The number of benzene rings is 3. The average Bonchev–Trinajstić information content (AvgIpc) is 3.40. The molecule has 0 aromatic heterocycles. The first-order valence-electron chi connectivity index (χ1n) is 12.3. The Kier molecular flexibility index (Phi) is 6.61. The second-order valence-electron chi connectivity index (χ2n) is 9.21. The largest absolute Gasteiger partial charge is 0.507 e. The number of amides is 1. The summed E-state index contributed by atoms with van der Waals surface area (Å²) < 4.78 is 17.0. The maximum Gasteiger partial charge on any atom is 0.295 e. The summed E-state index contributed by atoms with van der Waals surface area (Å²) in [6.07, 6.45) is 0.748. The number of hydrogen-bond donors (Lipinski definition) is 1. The zero-order valence-electron chi connectivity index (χ0n) is 21.1. The molecule has 2 aliphatic rings. The quantitative estimate of drug-likeness (QED) is 0.279. The summed E-state index contributed by atoms with van der Waals surface area (Å²) in [5.74, 6) is 0.197. The Balaban J connectivity index is 1.64. The minimum atomic E-state index is -0.812. The van der Waals surface area contributed by atoms with Crippen LogP contribution in [0.25, 0.3) is 5.76 Å². The fourth-order valence-corrected chi connectivity index (χ4v) is 5.02. The van der Waals surface area contributed by atoms with Crippen molar-refractivity contribution in [2.45, 2.75) is 39.0 Å². The lowest BCUT2D eigenvalue weighted by Gasteiger charge is -2.26. The van der Waals surface area contributed by atoms with Crippen LogP contribution in [0.4, 0.5) is 0 Å². The standard InChI is InChI=1S/C30H29NO6/c1-4-36-24-13-10-20(16-25(24)35-3)27-26(28(32)21-11-12-23-22(15-21)14-18(2)37-23)29(33)30(34)31(27)17-19-8-6-5-7-9-19/h5-13,15-16,18,27,32H,4,14,17H2,1-3H3. The second-order valence-corrected chi connectivity index (χ2v) is 9.21. The van der Waals surface area contributed by atoms with Crippen LogP contribution in [0, 0.1) is 0 Å². The normalized spacial score (nSPS) is 20.0. The third kappa shape index (κ3) is 4.53. The smallest absolute Gasteiger partial charge is 0.295 e. The Morgan fingerprint density at radius 1 is 1.05 bits per heavy atom. The van der Waals surface area contributed by atoms with Gasteiger partial charge in [0.2, 0.25) is 0 Å². The second kappa shape index (κ2) is 10.0. The summed E-state index contributed by atoms with van der Waals surface area (Å²) in [4.78, 5) is 28.3. The van der Waals surface area contributed by atoms with Crippen LogP contribution in [0.5, 0.6) is 17.2 Å². The van der Waals surface area contributed by atoms with Crippen molar-refractivity contribution in [2.24, 2.45) is 0 Å². The van der Waals surface area contributed by atoms with E-state index in [9.17, 15) is 14.7 Å². The van der Waals surface area contributed by atoms with E-state index in [1.54, 1.807) is 30.3 Å². The molecule has 0 saturated carbocycles. The van der Waals surface area contributed by atoms with Crippen LogP contribution < -0.4 is 14.2 Å². The first kappa shape index (κ1) is 24.4. The number of aliphatic hydroxyl groups is 1. The van der Waals surface area contributed by atoms with E-state index >= 15 is 0 Å². The van der Waals surface area contributed by atoms with Gasteiger partial charge in [-0.25, -0.2) is 0 Å². The van der Waals surface area contributed by atoms with E-state index in [0.29, 0.717) is 35.7 Å². The molecule has 2 aliphatic heterocycles. The summed E-state index contributed by atoms with van der Waals surface area (Å²) in [7, 11) is 1.54. The van der Waals surface area contributed by atoms with Gasteiger partial charge in [0, 0.05) is 18.5 Å². The number of aliphatic hydroxyl groups excluding tert-OH is 1. The van der Waals surface area contributed by atoms with Gasteiger partial charge in [0.05, 0.1) is 25.3 Å². The molecular weight excluding hydrogens is 470 g/mol. The number of hydrogen-bond acceptors (Lipinski definition) is 6. The van der Waals surface area contributed by atoms with Gasteiger partial charge in [0.25, 0.3) is 11.7 Å². The lowest BCUT2D eigenvalue weighted by atomic mass is 9.94. The molecule has 0 spiro atoms. The summed E-state index contributed by atoms with van der Waals surface area (Å²) in [6.45, 7) is 4.53. The number of likely N-dealkylation sites (tertiary alicyclic amines) is 1. The highest BCUT2D eigenvalue weighted by atomic mass is 16.5. The maximum atomic E-state index is 13.4. The lowest BCUT2D eigenvalue weighted by molar-refractivity contribution is -0.140. The topological polar surface area (TPSA) is 85.3 Å². The van der Waals surface area contributed by atoms with E-state index in [2.05, 4.69) is 0 Å². The molecule has 2 heterocycles. The van der Waals surface area contributed by atoms with Crippen LogP contribution in [-0.4, -0.2) is 41.5 Å². The number of methoxy groups -OCH3 is 1. The number of ketones is 1. The van der Waals surface area contributed by atoms with Gasteiger partial charge in [-0.1, -0.05) is 36.4 Å². The van der Waals surface area contributed by atoms with Crippen LogP contribution in [0.2, 0.25) is 0 Å². The molecule has 5 rings (SSSR count). The van der Waals surface area contributed by atoms with Crippen molar-refractivity contribution in [3.05, 3.63) is 94.6 Å². The van der Waals surface area contributed by atoms with E-state index in [1.165, 1.54) is 12.0 Å². The molecule has 190 valence electrons. The monoisotopic (exact) mass is 499 g/mol. The van der Waals surface area contributed by atoms with E-state index in [1.807, 2.05) is 50.2 Å². The fourth-order valence-electron chi connectivity index (χ4n) is 5.02. The number of Topliss-reactive ketones (excluding diaryl/α,β-unsaturated/α-hetero) is 1. The molecule has 3 aromatic carbocycles. The number of carbonyl (C=O) groups is 2. The summed E-state index contributed by atoms with van der Waals surface area (Å²) in [5.41, 5.74) is 2.97. The Bertz CT molecular complexity index is 1380. The molecule has 7 nitrogen and oxygen atoms in total. The Morgan fingerprint density at radius 3 is 2.57 bits per heavy atom. The molecule has 0 bridgehead atoms. The van der Waals surface area contributed by atoms with Crippen LogP contribution in [0.1, 0.15) is 42.1 Å². The molecule has 2 unspecified atom stereocenters. The number of rotatable bonds is 7. The predicted molar refractivity (Wildman–Crippen MR) is 139 cm³/mol. The lowest BCUT2D eigenvalue weighted by Crippen LogP contribution is -2.29. The summed E-state index contributed by atoms with van der Waals surface area (Å²) >= 11 is 0. The van der Waals surface area contributed by atoms with Gasteiger partial charge in [0.15, 0.2) is 11.5 Å². The average molecular weight is 500 g/mol. The Morgan fingerprint density at radius 2 is 1.84 bits per heavy atom. The number of nitrogens with zero attached hydrogens (tertiary/aromatic N) is 1. The molecule has 3 aromatic rings. The van der Waals surface area contributed by atoms with E-state index in [-0.39, 0.29) is 24.0 Å². The molecule has 2 atom stereocenters. The van der Waals surface area contributed by atoms with Gasteiger partial charge in [-0.15, -0.1) is 0 Å². The first-order valence-corrected chi connectivity index (χ1v) is 12.3. The molecule has 7 heteroatoms. The Hall–Kier alpha value is -4.26. The molecule has 0 radical (unpaired) electrons. The summed E-state index contributed by atoms with van der Waals surface area (Å²) in [5, 5.41) is 11.5. The SMILES string of the molecule is CCOc1ccc(C2C(=C(O)c3ccc4c(c3)CC(C)O4)C(=O)C(=O)N2Cc2ccccc2)cc1OC. The highest BCUT2D eigenvalue weighted by molar-refractivity contribution is 6.46. The molecule has 1 amide bonds. The fraction of sp³-hybridized carbons (Fsp3) is 0.267.